The molecule has 1 amide bonds. The summed E-state index contributed by atoms with van der Waals surface area (Å²) in [7, 11) is 4.60. The van der Waals surface area contributed by atoms with Crippen molar-refractivity contribution >= 4 is 22.9 Å². The zero-order chi connectivity index (χ0) is 17.8. The summed E-state index contributed by atoms with van der Waals surface area (Å²) in [6, 6.07) is 9.14. The van der Waals surface area contributed by atoms with Crippen molar-refractivity contribution in [3.63, 3.8) is 0 Å². The van der Waals surface area contributed by atoms with Crippen molar-refractivity contribution in [3.05, 3.63) is 53.0 Å². The molecule has 0 saturated heterocycles. The Morgan fingerprint density at radius 2 is 1.68 bits per heavy atom. The largest absolute Gasteiger partial charge is 0.493 e. The summed E-state index contributed by atoms with van der Waals surface area (Å²) in [5.41, 5.74) is 1.39. The van der Waals surface area contributed by atoms with Crippen molar-refractivity contribution < 1.29 is 19.0 Å². The Hall–Kier alpha value is -2.93. The molecule has 1 N–H and O–H groups in total. The van der Waals surface area contributed by atoms with E-state index in [1.807, 2.05) is 40.5 Å². The van der Waals surface area contributed by atoms with Crippen molar-refractivity contribution in [2.75, 3.05) is 26.6 Å². The van der Waals surface area contributed by atoms with Crippen molar-refractivity contribution in [1.29, 1.82) is 0 Å². The lowest BCUT2D eigenvalue weighted by molar-refractivity contribution is 0.103. The minimum atomic E-state index is -0.201. The Bertz CT molecular complexity index is 846. The number of nitrogens with one attached hydrogen (secondary N) is 1. The summed E-state index contributed by atoms with van der Waals surface area (Å²) in [6.07, 6.45) is 3.80. The lowest BCUT2D eigenvalue weighted by atomic mass is 10.2. The minimum Gasteiger partial charge on any atom is -0.493 e. The molecule has 3 rings (SSSR count). The van der Waals surface area contributed by atoms with E-state index in [9.17, 15) is 4.79 Å². The van der Waals surface area contributed by atoms with Crippen molar-refractivity contribution in [2.45, 2.75) is 0 Å². The molecule has 0 aliphatic heterocycles. The molecule has 0 bridgehead atoms. The van der Waals surface area contributed by atoms with Gasteiger partial charge in [0.05, 0.1) is 27.0 Å². The van der Waals surface area contributed by atoms with Gasteiger partial charge in [-0.05, 0) is 23.6 Å². The van der Waals surface area contributed by atoms with Crippen LogP contribution in [0.25, 0.3) is 5.69 Å². The first-order valence-electron chi connectivity index (χ1n) is 7.50. The molecule has 2 aromatic heterocycles. The van der Waals surface area contributed by atoms with Gasteiger partial charge in [0.15, 0.2) is 11.5 Å². The predicted molar refractivity (Wildman–Crippen MR) is 97.7 cm³/mol. The Kier molecular flexibility index (Phi) is 4.95. The van der Waals surface area contributed by atoms with Crippen LogP contribution >= 0.6 is 11.3 Å². The van der Waals surface area contributed by atoms with Gasteiger partial charge in [0, 0.05) is 30.2 Å². The highest BCUT2D eigenvalue weighted by Gasteiger charge is 2.18. The van der Waals surface area contributed by atoms with E-state index < -0.39 is 0 Å². The van der Waals surface area contributed by atoms with E-state index in [1.54, 1.807) is 12.1 Å². The summed E-state index contributed by atoms with van der Waals surface area (Å²) >= 11 is 1.38. The molecule has 130 valence electrons. The van der Waals surface area contributed by atoms with Gasteiger partial charge in [0.25, 0.3) is 5.91 Å². The van der Waals surface area contributed by atoms with Crippen LogP contribution in [-0.4, -0.2) is 31.8 Å². The van der Waals surface area contributed by atoms with Crippen LogP contribution < -0.4 is 19.5 Å². The third-order valence-corrected chi connectivity index (χ3v) is 4.56. The van der Waals surface area contributed by atoms with Crippen molar-refractivity contribution in [2.24, 2.45) is 0 Å². The molecule has 2 heterocycles. The number of benzene rings is 1. The minimum absolute atomic E-state index is 0.201. The van der Waals surface area contributed by atoms with Crippen LogP contribution in [0.15, 0.2) is 48.1 Å². The second-order valence-corrected chi connectivity index (χ2v) is 6.01. The normalized spacial score (nSPS) is 10.4. The average molecular weight is 358 g/mol. The predicted octanol–water partition coefficient (Wildman–Crippen LogP) is 3.82. The number of thiophene rings is 1. The van der Waals surface area contributed by atoms with Gasteiger partial charge < -0.3 is 24.1 Å². The molecule has 0 saturated carbocycles. The van der Waals surface area contributed by atoms with E-state index in [4.69, 9.17) is 14.2 Å². The third kappa shape index (κ3) is 3.32. The van der Waals surface area contributed by atoms with Gasteiger partial charge in [0.2, 0.25) is 5.75 Å². The molecule has 3 aromatic rings. The number of anilines is 1. The molecule has 1 aromatic carbocycles. The van der Waals surface area contributed by atoms with Crippen LogP contribution in [0, 0.1) is 0 Å². The maximum Gasteiger partial charge on any atom is 0.267 e. The number of carbonyl (C=O) groups excluding carboxylic acids is 1. The van der Waals surface area contributed by atoms with Crippen LogP contribution in [-0.2, 0) is 0 Å². The molecule has 0 atom stereocenters. The Morgan fingerprint density at radius 3 is 2.24 bits per heavy atom. The fourth-order valence-electron chi connectivity index (χ4n) is 2.51. The van der Waals surface area contributed by atoms with Gasteiger partial charge in [0.1, 0.15) is 4.88 Å². The second-order valence-electron chi connectivity index (χ2n) is 5.09. The zero-order valence-corrected chi connectivity index (χ0v) is 14.9. The van der Waals surface area contributed by atoms with E-state index in [-0.39, 0.29) is 5.91 Å². The number of rotatable bonds is 6. The highest BCUT2D eigenvalue weighted by atomic mass is 32.1. The Balaban J connectivity index is 1.91. The van der Waals surface area contributed by atoms with Crippen LogP contribution in [0.1, 0.15) is 9.67 Å². The standard InChI is InChI=1S/C18H18N2O4S/c1-22-14-10-12(11-15(23-2)16(14)24-3)19-18(21)17-13(6-9-25-17)20-7-4-5-8-20/h4-11H,1-3H3,(H,19,21). The number of amides is 1. The lowest BCUT2D eigenvalue weighted by Gasteiger charge is -2.14. The van der Waals surface area contributed by atoms with E-state index in [2.05, 4.69) is 5.32 Å². The molecule has 6 nitrogen and oxygen atoms in total. The Labute approximate surface area is 149 Å². The number of aromatic nitrogens is 1. The highest BCUT2D eigenvalue weighted by molar-refractivity contribution is 7.12. The van der Waals surface area contributed by atoms with E-state index in [1.165, 1.54) is 32.7 Å². The van der Waals surface area contributed by atoms with Gasteiger partial charge in [-0.1, -0.05) is 0 Å². The van der Waals surface area contributed by atoms with Gasteiger partial charge in [-0.3, -0.25) is 4.79 Å². The number of hydrogen-bond donors (Lipinski definition) is 1. The number of nitrogens with zero attached hydrogens (tertiary/aromatic N) is 1. The van der Waals surface area contributed by atoms with E-state index in [0.29, 0.717) is 27.8 Å². The van der Waals surface area contributed by atoms with Crippen LogP contribution in [0.5, 0.6) is 17.2 Å². The second kappa shape index (κ2) is 7.31. The molecular weight excluding hydrogens is 340 g/mol. The van der Waals surface area contributed by atoms with Gasteiger partial charge in [-0.2, -0.15) is 0 Å². The molecule has 25 heavy (non-hydrogen) atoms. The lowest BCUT2D eigenvalue weighted by Crippen LogP contribution is -2.13. The maximum absolute atomic E-state index is 12.7. The summed E-state index contributed by atoms with van der Waals surface area (Å²) in [5, 5.41) is 4.78. The first kappa shape index (κ1) is 16.9. The molecule has 0 spiro atoms. The van der Waals surface area contributed by atoms with Crippen molar-refractivity contribution in [1.82, 2.24) is 4.57 Å². The average Bonchev–Trinajstić information content (AvgIpc) is 3.31. The molecular formula is C18H18N2O4S. The Morgan fingerprint density at radius 1 is 1.04 bits per heavy atom. The quantitative estimate of drug-likeness (QED) is 0.728. The number of methoxy groups -OCH3 is 3. The van der Waals surface area contributed by atoms with Crippen LogP contribution in [0.3, 0.4) is 0 Å². The fourth-order valence-corrected chi connectivity index (χ4v) is 3.30. The summed E-state index contributed by atoms with van der Waals surface area (Å²) in [5.74, 6) is 1.24. The zero-order valence-electron chi connectivity index (χ0n) is 14.1. The first-order chi connectivity index (χ1) is 12.2. The first-order valence-corrected chi connectivity index (χ1v) is 8.38. The third-order valence-electron chi connectivity index (χ3n) is 3.66. The van der Waals surface area contributed by atoms with Crippen LogP contribution in [0.2, 0.25) is 0 Å². The molecule has 0 aliphatic carbocycles. The molecule has 0 fully saturated rings. The smallest absolute Gasteiger partial charge is 0.267 e. The number of ether oxygens (including phenoxy) is 3. The topological polar surface area (TPSA) is 61.7 Å². The summed E-state index contributed by atoms with van der Waals surface area (Å²) in [6.45, 7) is 0. The molecule has 7 heteroatoms. The molecule has 0 aliphatic rings. The summed E-state index contributed by atoms with van der Waals surface area (Å²) in [4.78, 5) is 13.3. The van der Waals surface area contributed by atoms with E-state index in [0.717, 1.165) is 5.69 Å². The fraction of sp³-hybridized carbons (Fsp3) is 0.167. The SMILES string of the molecule is COc1cc(NC(=O)c2sccc2-n2cccc2)cc(OC)c1OC. The van der Waals surface area contributed by atoms with Crippen molar-refractivity contribution in [3.8, 4) is 22.9 Å². The molecule has 0 unspecified atom stereocenters. The van der Waals surface area contributed by atoms with Gasteiger partial charge in [-0.25, -0.2) is 0 Å². The monoisotopic (exact) mass is 358 g/mol. The number of hydrogen-bond acceptors (Lipinski definition) is 5. The summed E-state index contributed by atoms with van der Waals surface area (Å²) < 4.78 is 17.8. The molecule has 0 radical (unpaired) electrons. The maximum atomic E-state index is 12.7. The number of carbonyl (C=O) groups is 1. The highest BCUT2D eigenvalue weighted by Crippen LogP contribution is 2.40. The van der Waals surface area contributed by atoms with E-state index >= 15 is 0 Å². The van der Waals surface area contributed by atoms with Crippen LogP contribution in [0.4, 0.5) is 5.69 Å². The van der Waals surface area contributed by atoms with Gasteiger partial charge in [-0.15, -0.1) is 11.3 Å². The van der Waals surface area contributed by atoms with Gasteiger partial charge >= 0.3 is 0 Å².